The predicted octanol–water partition coefficient (Wildman–Crippen LogP) is 6.49. The molecule has 0 aliphatic heterocycles. The van der Waals surface area contributed by atoms with Crippen LogP contribution in [-0.2, 0) is 6.42 Å². The molecular weight excluding hydrogens is 247 g/mol. The highest BCUT2D eigenvalue weighted by molar-refractivity contribution is 5.14. The van der Waals surface area contributed by atoms with Gasteiger partial charge in [-0.05, 0) is 31.7 Å². The van der Waals surface area contributed by atoms with Crippen molar-refractivity contribution in [3.63, 3.8) is 0 Å². The second kappa shape index (κ2) is 11.9. The lowest BCUT2D eigenvalue weighted by molar-refractivity contribution is 0.329. The third-order valence-corrected chi connectivity index (χ3v) is 3.91. The molecule has 1 aromatic rings. The summed E-state index contributed by atoms with van der Waals surface area (Å²) in [5.74, 6) is 0. The van der Waals surface area contributed by atoms with Crippen LogP contribution in [0.1, 0.15) is 76.7 Å². The van der Waals surface area contributed by atoms with Gasteiger partial charge in [-0.15, -0.1) is 0 Å². The maximum atomic E-state index is 12.6. The van der Waals surface area contributed by atoms with Crippen molar-refractivity contribution in [2.75, 3.05) is 0 Å². The maximum Gasteiger partial charge on any atom is 0.0973 e. The molecule has 1 atom stereocenters. The minimum Gasteiger partial charge on any atom is -0.248 e. The van der Waals surface area contributed by atoms with Gasteiger partial charge in [-0.2, -0.15) is 0 Å². The van der Waals surface area contributed by atoms with Crippen LogP contribution in [0, 0.1) is 0 Å². The molecule has 0 nitrogen and oxygen atoms in total. The standard InChI is InChI=1S/C19H31F/c1-18(20)14-10-7-5-3-2-4-6-8-11-15-19-16-12-9-13-17-19/h9,12-13,16-18H,2-8,10-11,14-15H2,1H3. The van der Waals surface area contributed by atoms with Gasteiger partial charge in [0.1, 0.15) is 0 Å². The van der Waals surface area contributed by atoms with Crippen LogP contribution in [0.2, 0.25) is 0 Å². The van der Waals surface area contributed by atoms with Crippen molar-refractivity contribution in [1.29, 1.82) is 0 Å². The summed E-state index contributed by atoms with van der Waals surface area (Å²) in [6, 6.07) is 10.8. The fraction of sp³-hybridized carbons (Fsp3) is 0.684. The second-order valence-corrected chi connectivity index (χ2v) is 5.99. The normalized spacial score (nSPS) is 12.5. The molecule has 0 saturated heterocycles. The number of alkyl halides is 1. The Morgan fingerprint density at radius 1 is 0.750 bits per heavy atom. The van der Waals surface area contributed by atoms with Gasteiger partial charge in [0.25, 0.3) is 0 Å². The summed E-state index contributed by atoms with van der Waals surface area (Å²) in [4.78, 5) is 0. The Bertz CT molecular complexity index is 305. The van der Waals surface area contributed by atoms with Gasteiger partial charge in [-0.3, -0.25) is 0 Å². The molecule has 0 bridgehead atoms. The van der Waals surface area contributed by atoms with Crippen molar-refractivity contribution in [3.8, 4) is 0 Å². The van der Waals surface area contributed by atoms with Gasteiger partial charge < -0.3 is 0 Å². The molecule has 0 radical (unpaired) electrons. The summed E-state index contributed by atoms with van der Waals surface area (Å²) in [6.07, 6.45) is 13.0. The summed E-state index contributed by atoms with van der Waals surface area (Å²) in [6.45, 7) is 1.66. The lowest BCUT2D eigenvalue weighted by Crippen LogP contribution is -1.91. The summed E-state index contributed by atoms with van der Waals surface area (Å²) in [5, 5.41) is 0. The van der Waals surface area contributed by atoms with Crippen LogP contribution >= 0.6 is 0 Å². The first-order valence-electron chi connectivity index (χ1n) is 8.47. The molecule has 20 heavy (non-hydrogen) atoms. The Balaban J connectivity index is 1.79. The summed E-state index contributed by atoms with van der Waals surface area (Å²) < 4.78 is 12.6. The highest BCUT2D eigenvalue weighted by Crippen LogP contribution is 2.13. The summed E-state index contributed by atoms with van der Waals surface area (Å²) in [7, 11) is 0. The zero-order chi connectivity index (χ0) is 14.5. The SMILES string of the molecule is CC(F)CCCCCCCCCCCc1ccccc1. The van der Waals surface area contributed by atoms with E-state index in [2.05, 4.69) is 30.3 Å². The van der Waals surface area contributed by atoms with Crippen molar-refractivity contribution in [2.45, 2.75) is 83.7 Å². The molecule has 0 aliphatic rings. The summed E-state index contributed by atoms with van der Waals surface area (Å²) >= 11 is 0. The maximum absolute atomic E-state index is 12.6. The fourth-order valence-electron chi connectivity index (χ4n) is 2.64. The summed E-state index contributed by atoms with van der Waals surface area (Å²) in [5.41, 5.74) is 1.47. The van der Waals surface area contributed by atoms with Crippen LogP contribution in [0.4, 0.5) is 4.39 Å². The highest BCUT2D eigenvalue weighted by atomic mass is 19.1. The molecule has 0 N–H and O–H groups in total. The van der Waals surface area contributed by atoms with Crippen LogP contribution in [0.25, 0.3) is 0 Å². The first-order chi connectivity index (χ1) is 9.79. The Morgan fingerprint density at radius 2 is 1.25 bits per heavy atom. The van der Waals surface area contributed by atoms with Gasteiger partial charge in [-0.1, -0.05) is 81.7 Å². The Kier molecular flexibility index (Phi) is 10.3. The Labute approximate surface area is 124 Å². The molecule has 1 heteroatoms. The lowest BCUT2D eigenvalue weighted by atomic mass is 10.0. The van der Waals surface area contributed by atoms with Gasteiger partial charge in [0.2, 0.25) is 0 Å². The average Bonchev–Trinajstić information content (AvgIpc) is 2.45. The van der Waals surface area contributed by atoms with Gasteiger partial charge >= 0.3 is 0 Å². The molecule has 1 aromatic carbocycles. The van der Waals surface area contributed by atoms with E-state index in [0.29, 0.717) is 0 Å². The van der Waals surface area contributed by atoms with Crippen LogP contribution in [0.5, 0.6) is 0 Å². The van der Waals surface area contributed by atoms with Crippen LogP contribution in [0.3, 0.4) is 0 Å². The van der Waals surface area contributed by atoms with E-state index in [1.165, 1.54) is 63.4 Å². The number of benzene rings is 1. The average molecular weight is 278 g/mol. The van der Waals surface area contributed by atoms with E-state index < -0.39 is 6.17 Å². The first kappa shape index (κ1) is 17.2. The molecule has 1 rings (SSSR count). The molecule has 0 spiro atoms. The number of hydrogen-bond donors (Lipinski definition) is 0. The first-order valence-corrected chi connectivity index (χ1v) is 8.47. The fourth-order valence-corrected chi connectivity index (χ4v) is 2.64. The van der Waals surface area contributed by atoms with Crippen molar-refractivity contribution >= 4 is 0 Å². The van der Waals surface area contributed by atoms with E-state index in [4.69, 9.17) is 0 Å². The zero-order valence-electron chi connectivity index (χ0n) is 13.1. The molecule has 0 saturated carbocycles. The van der Waals surface area contributed by atoms with Gasteiger partial charge in [0.15, 0.2) is 0 Å². The molecule has 114 valence electrons. The second-order valence-electron chi connectivity index (χ2n) is 5.99. The van der Waals surface area contributed by atoms with E-state index >= 15 is 0 Å². The monoisotopic (exact) mass is 278 g/mol. The van der Waals surface area contributed by atoms with Gasteiger partial charge in [0.05, 0.1) is 6.17 Å². The molecule has 0 heterocycles. The van der Waals surface area contributed by atoms with Crippen molar-refractivity contribution in [2.24, 2.45) is 0 Å². The zero-order valence-corrected chi connectivity index (χ0v) is 13.1. The van der Waals surface area contributed by atoms with E-state index in [9.17, 15) is 4.39 Å². The largest absolute Gasteiger partial charge is 0.248 e. The third-order valence-electron chi connectivity index (χ3n) is 3.91. The van der Waals surface area contributed by atoms with Gasteiger partial charge in [0, 0.05) is 0 Å². The topological polar surface area (TPSA) is 0 Å². The van der Waals surface area contributed by atoms with E-state index in [1.54, 1.807) is 6.92 Å². The molecule has 1 unspecified atom stereocenters. The number of unbranched alkanes of at least 4 members (excludes halogenated alkanes) is 8. The van der Waals surface area contributed by atoms with Crippen LogP contribution in [0.15, 0.2) is 30.3 Å². The molecule has 0 fully saturated rings. The Hall–Kier alpha value is -0.850. The van der Waals surface area contributed by atoms with E-state index in [0.717, 1.165) is 12.8 Å². The minimum absolute atomic E-state index is 0.611. The quantitative estimate of drug-likeness (QED) is 0.383. The molecule has 0 aromatic heterocycles. The smallest absolute Gasteiger partial charge is 0.0973 e. The van der Waals surface area contributed by atoms with Crippen molar-refractivity contribution < 1.29 is 4.39 Å². The highest BCUT2D eigenvalue weighted by Gasteiger charge is 1.97. The van der Waals surface area contributed by atoms with E-state index in [-0.39, 0.29) is 0 Å². The van der Waals surface area contributed by atoms with E-state index in [1.807, 2.05) is 0 Å². The number of aryl methyl sites for hydroxylation is 1. The number of hydrogen-bond acceptors (Lipinski definition) is 0. The number of halogens is 1. The van der Waals surface area contributed by atoms with Crippen molar-refractivity contribution in [3.05, 3.63) is 35.9 Å². The van der Waals surface area contributed by atoms with Gasteiger partial charge in [-0.25, -0.2) is 4.39 Å². The number of rotatable bonds is 12. The Morgan fingerprint density at radius 3 is 1.80 bits per heavy atom. The third kappa shape index (κ3) is 10.00. The molecular formula is C19H31F. The van der Waals surface area contributed by atoms with Crippen molar-refractivity contribution in [1.82, 2.24) is 0 Å². The molecule has 0 aliphatic carbocycles. The predicted molar refractivity (Wildman–Crippen MR) is 86.9 cm³/mol. The lowest BCUT2D eigenvalue weighted by Gasteiger charge is -2.04. The molecule has 0 amide bonds. The minimum atomic E-state index is -0.611. The van der Waals surface area contributed by atoms with Crippen LogP contribution in [-0.4, -0.2) is 6.17 Å². The van der Waals surface area contributed by atoms with Crippen LogP contribution < -0.4 is 0 Å².